The molecule has 1 fully saturated rings. The van der Waals surface area contributed by atoms with Gasteiger partial charge in [0.05, 0.1) is 6.04 Å². The molecule has 1 aliphatic rings. The number of nitrogens with zero attached hydrogens (tertiary/aromatic N) is 2. The van der Waals surface area contributed by atoms with Crippen LogP contribution < -0.4 is 10.8 Å². The van der Waals surface area contributed by atoms with Crippen LogP contribution in [0.25, 0.3) is 0 Å². The van der Waals surface area contributed by atoms with Gasteiger partial charge in [0, 0.05) is 35.6 Å². The fourth-order valence-corrected chi connectivity index (χ4v) is 3.88. The highest BCUT2D eigenvalue weighted by atomic mass is 127. The molecule has 0 bridgehead atoms. The molecule has 2 aromatic rings. The molecular formula is C19H23IN4O2. The summed E-state index contributed by atoms with van der Waals surface area (Å²) in [5.74, 6) is 0.0106. The predicted molar refractivity (Wildman–Crippen MR) is 108 cm³/mol. The zero-order valence-electron chi connectivity index (χ0n) is 14.4. The minimum Gasteiger partial charge on any atom is -0.341 e. The van der Waals surface area contributed by atoms with Crippen molar-refractivity contribution in [2.24, 2.45) is 0 Å². The van der Waals surface area contributed by atoms with Gasteiger partial charge < -0.3 is 15.4 Å². The van der Waals surface area contributed by atoms with Crippen molar-refractivity contribution < 1.29 is 10.0 Å². The van der Waals surface area contributed by atoms with Crippen LogP contribution in [0, 0.1) is 3.57 Å². The zero-order chi connectivity index (χ0) is 18.4. The first-order chi connectivity index (χ1) is 12.7. The normalized spacial score (nSPS) is 16.5. The molecule has 0 unspecified atom stereocenters. The van der Waals surface area contributed by atoms with Crippen LogP contribution in [-0.4, -0.2) is 40.1 Å². The molecule has 7 heteroatoms. The molecule has 0 spiro atoms. The highest BCUT2D eigenvalue weighted by Gasteiger charge is 2.33. The molecule has 2 atom stereocenters. The van der Waals surface area contributed by atoms with Crippen LogP contribution in [0.5, 0.6) is 0 Å². The van der Waals surface area contributed by atoms with Gasteiger partial charge in [0.15, 0.2) is 0 Å². The Balaban J connectivity index is 1.81. The SMILES string of the molecule is O=C([C@@H](NCc1cccc(I)c1)[C@H](NO)c1ccncc1)N1CCCC1. The quantitative estimate of drug-likeness (QED) is 0.432. The molecule has 1 aliphatic heterocycles. The Kier molecular flexibility index (Phi) is 6.95. The number of pyridine rings is 1. The van der Waals surface area contributed by atoms with Crippen molar-refractivity contribution in [3.8, 4) is 0 Å². The lowest BCUT2D eigenvalue weighted by Crippen LogP contribution is -2.51. The number of nitrogens with one attached hydrogen (secondary N) is 2. The first kappa shape index (κ1) is 19.2. The summed E-state index contributed by atoms with van der Waals surface area (Å²) in [6.07, 6.45) is 5.39. The Labute approximate surface area is 167 Å². The molecule has 0 radical (unpaired) electrons. The van der Waals surface area contributed by atoms with Crippen LogP contribution in [0.15, 0.2) is 48.8 Å². The molecular weight excluding hydrogens is 443 g/mol. The Hall–Kier alpha value is -1.55. The number of benzene rings is 1. The van der Waals surface area contributed by atoms with E-state index in [4.69, 9.17) is 0 Å². The van der Waals surface area contributed by atoms with Crippen molar-refractivity contribution in [3.05, 3.63) is 63.5 Å². The summed E-state index contributed by atoms with van der Waals surface area (Å²) >= 11 is 2.27. The average Bonchev–Trinajstić information content (AvgIpc) is 3.20. The average molecular weight is 466 g/mol. The minimum atomic E-state index is -0.571. The molecule has 26 heavy (non-hydrogen) atoms. The molecule has 1 saturated heterocycles. The second-order valence-corrected chi connectivity index (χ2v) is 7.65. The first-order valence-corrected chi connectivity index (χ1v) is 9.83. The van der Waals surface area contributed by atoms with Crippen molar-refractivity contribution >= 4 is 28.5 Å². The third kappa shape index (κ3) is 4.79. The van der Waals surface area contributed by atoms with Gasteiger partial charge in [-0.15, -0.1) is 0 Å². The van der Waals surface area contributed by atoms with E-state index < -0.39 is 12.1 Å². The van der Waals surface area contributed by atoms with Crippen molar-refractivity contribution in [2.75, 3.05) is 13.1 Å². The predicted octanol–water partition coefficient (Wildman–Crippen LogP) is 2.49. The van der Waals surface area contributed by atoms with Crippen LogP contribution in [-0.2, 0) is 11.3 Å². The number of aromatic nitrogens is 1. The number of halogens is 1. The van der Waals surface area contributed by atoms with Crippen LogP contribution >= 0.6 is 22.6 Å². The summed E-state index contributed by atoms with van der Waals surface area (Å²) in [7, 11) is 0. The van der Waals surface area contributed by atoms with Gasteiger partial charge in [-0.05, 0) is 70.8 Å². The van der Waals surface area contributed by atoms with Gasteiger partial charge in [0.25, 0.3) is 0 Å². The summed E-state index contributed by atoms with van der Waals surface area (Å²) < 4.78 is 1.15. The van der Waals surface area contributed by atoms with Gasteiger partial charge in [-0.1, -0.05) is 12.1 Å². The number of hydrogen-bond acceptors (Lipinski definition) is 5. The van der Waals surface area contributed by atoms with Gasteiger partial charge >= 0.3 is 0 Å². The molecule has 138 valence electrons. The number of rotatable bonds is 7. The number of amides is 1. The largest absolute Gasteiger partial charge is 0.341 e. The smallest absolute Gasteiger partial charge is 0.241 e. The Morgan fingerprint density at radius 2 is 1.96 bits per heavy atom. The number of hydrogen-bond donors (Lipinski definition) is 3. The van der Waals surface area contributed by atoms with Gasteiger partial charge in [0.2, 0.25) is 5.91 Å². The van der Waals surface area contributed by atoms with E-state index in [-0.39, 0.29) is 5.91 Å². The van der Waals surface area contributed by atoms with Crippen LogP contribution in [0.2, 0.25) is 0 Å². The van der Waals surface area contributed by atoms with Crippen molar-refractivity contribution in [1.82, 2.24) is 20.7 Å². The second-order valence-electron chi connectivity index (χ2n) is 6.41. The topological polar surface area (TPSA) is 77.5 Å². The fourth-order valence-electron chi connectivity index (χ4n) is 3.27. The Bertz CT molecular complexity index is 722. The summed E-state index contributed by atoms with van der Waals surface area (Å²) in [6.45, 7) is 2.09. The van der Waals surface area contributed by atoms with Crippen molar-refractivity contribution in [3.63, 3.8) is 0 Å². The Morgan fingerprint density at radius 1 is 1.23 bits per heavy atom. The van der Waals surface area contributed by atoms with Gasteiger partial charge in [-0.25, -0.2) is 0 Å². The fraction of sp³-hybridized carbons (Fsp3) is 0.368. The summed E-state index contributed by atoms with van der Waals surface area (Å²) in [4.78, 5) is 19.0. The monoisotopic (exact) mass is 466 g/mol. The number of carbonyl (C=O) groups is 1. The van der Waals surface area contributed by atoms with Gasteiger partial charge in [-0.3, -0.25) is 9.78 Å². The lowest BCUT2D eigenvalue weighted by atomic mass is 9.99. The maximum Gasteiger partial charge on any atom is 0.241 e. The van der Waals surface area contributed by atoms with Crippen LogP contribution in [0.3, 0.4) is 0 Å². The molecule has 2 heterocycles. The molecule has 3 rings (SSSR count). The Morgan fingerprint density at radius 3 is 2.62 bits per heavy atom. The standard InChI is InChI=1S/C19H23IN4O2/c20-16-5-3-4-14(12-16)13-22-18(19(25)24-10-1-2-11-24)17(23-26)15-6-8-21-9-7-15/h3-9,12,17-18,22-23,26H,1-2,10-11,13H2/t17-,18+/m1/s1. The van der Waals surface area contributed by atoms with Gasteiger partial charge in [-0.2, -0.15) is 5.48 Å². The number of likely N-dealkylation sites (tertiary alicyclic amines) is 1. The highest BCUT2D eigenvalue weighted by molar-refractivity contribution is 14.1. The molecule has 1 aromatic carbocycles. The minimum absolute atomic E-state index is 0.0106. The van der Waals surface area contributed by atoms with Crippen molar-refractivity contribution in [2.45, 2.75) is 31.5 Å². The van der Waals surface area contributed by atoms with E-state index in [1.807, 2.05) is 35.2 Å². The summed E-state index contributed by atoms with van der Waals surface area (Å²) in [5, 5.41) is 13.2. The summed E-state index contributed by atoms with van der Waals surface area (Å²) in [6, 6.07) is 10.6. The van der Waals surface area contributed by atoms with E-state index in [1.165, 1.54) is 0 Å². The molecule has 1 aromatic heterocycles. The van der Waals surface area contributed by atoms with E-state index in [1.54, 1.807) is 12.4 Å². The highest BCUT2D eigenvalue weighted by Crippen LogP contribution is 2.20. The molecule has 0 saturated carbocycles. The molecule has 6 nitrogen and oxygen atoms in total. The van der Waals surface area contributed by atoms with E-state index in [2.05, 4.69) is 44.4 Å². The van der Waals surface area contributed by atoms with E-state index in [0.29, 0.717) is 6.54 Å². The van der Waals surface area contributed by atoms with Crippen LogP contribution in [0.1, 0.15) is 30.0 Å². The lowest BCUT2D eigenvalue weighted by Gasteiger charge is -2.30. The van der Waals surface area contributed by atoms with E-state index in [0.717, 1.165) is 40.6 Å². The molecule has 1 amide bonds. The number of hydroxylamine groups is 1. The van der Waals surface area contributed by atoms with Crippen LogP contribution in [0.4, 0.5) is 0 Å². The lowest BCUT2D eigenvalue weighted by molar-refractivity contribution is -0.134. The molecule has 3 N–H and O–H groups in total. The second kappa shape index (κ2) is 9.40. The first-order valence-electron chi connectivity index (χ1n) is 8.75. The third-order valence-electron chi connectivity index (χ3n) is 4.64. The third-order valence-corrected chi connectivity index (χ3v) is 5.31. The summed E-state index contributed by atoms with van der Waals surface area (Å²) in [5.41, 5.74) is 4.25. The maximum atomic E-state index is 13.1. The zero-order valence-corrected chi connectivity index (χ0v) is 16.6. The number of carbonyl (C=O) groups excluding carboxylic acids is 1. The molecule has 0 aliphatic carbocycles. The van der Waals surface area contributed by atoms with E-state index in [9.17, 15) is 10.0 Å². The maximum absolute atomic E-state index is 13.1. The van der Waals surface area contributed by atoms with Gasteiger partial charge in [0.1, 0.15) is 6.04 Å². The van der Waals surface area contributed by atoms with E-state index >= 15 is 0 Å². The van der Waals surface area contributed by atoms with Crippen molar-refractivity contribution in [1.29, 1.82) is 0 Å².